The molecule has 3 aromatic rings. The summed E-state index contributed by atoms with van der Waals surface area (Å²) >= 11 is 1.26. The van der Waals surface area contributed by atoms with Crippen LogP contribution in [0.25, 0.3) is 10.1 Å². The maximum atomic E-state index is 13.7. The van der Waals surface area contributed by atoms with Crippen LogP contribution in [0, 0.1) is 5.82 Å². The van der Waals surface area contributed by atoms with Gasteiger partial charge >= 0.3 is 0 Å². The molecule has 3 rings (SSSR count). The molecule has 2 aromatic carbocycles. The molecule has 0 atom stereocenters. The number of likely N-dealkylation sites (N-methyl/N-ethyl adjacent to an activating group) is 1. The first-order chi connectivity index (χ1) is 11.1. The Bertz CT molecular complexity index is 916. The largest absolute Gasteiger partial charge is 0.340 e. The number of rotatable bonds is 4. The highest BCUT2D eigenvalue weighted by molar-refractivity contribution is 7.13. The summed E-state index contributed by atoms with van der Waals surface area (Å²) < 4.78 is 15.9. The Balaban J connectivity index is 1.76. The number of nitrogens with zero attached hydrogens (tertiary/aromatic N) is 2. The van der Waals surface area contributed by atoms with Gasteiger partial charge in [-0.25, -0.2) is 4.39 Å². The number of aromatic nitrogens is 1. The van der Waals surface area contributed by atoms with Crippen molar-refractivity contribution in [3.63, 3.8) is 0 Å². The smallest absolute Gasteiger partial charge is 0.268 e. The maximum Gasteiger partial charge on any atom is 0.268 e. The molecule has 0 fully saturated rings. The fourth-order valence-electron chi connectivity index (χ4n) is 2.34. The fourth-order valence-corrected chi connectivity index (χ4v) is 3.32. The van der Waals surface area contributed by atoms with Crippen LogP contribution in [-0.4, -0.2) is 21.8 Å². The highest BCUT2D eigenvalue weighted by atomic mass is 32.1. The lowest BCUT2D eigenvalue weighted by molar-refractivity contribution is -0.130. The normalized spacial score (nSPS) is 10.9. The van der Waals surface area contributed by atoms with E-state index in [1.54, 1.807) is 37.4 Å². The molecule has 1 heterocycles. The minimum atomic E-state index is -0.342. The van der Waals surface area contributed by atoms with E-state index in [0.29, 0.717) is 10.9 Å². The molecule has 4 nitrogen and oxygen atoms in total. The van der Waals surface area contributed by atoms with Gasteiger partial charge in [-0.3, -0.25) is 13.5 Å². The zero-order valence-electron chi connectivity index (χ0n) is 12.5. The molecule has 0 spiro atoms. The van der Waals surface area contributed by atoms with Gasteiger partial charge in [0.25, 0.3) is 5.56 Å². The lowest BCUT2D eigenvalue weighted by Gasteiger charge is -2.17. The molecule has 0 radical (unpaired) electrons. The number of hydrogen-bond acceptors (Lipinski definition) is 3. The minimum Gasteiger partial charge on any atom is -0.340 e. The van der Waals surface area contributed by atoms with Crippen molar-refractivity contribution in [2.75, 3.05) is 7.05 Å². The predicted octanol–water partition coefficient (Wildman–Crippen LogP) is 2.86. The molecule has 1 aromatic heterocycles. The molecule has 0 N–H and O–H groups in total. The molecule has 0 saturated carbocycles. The van der Waals surface area contributed by atoms with Crippen molar-refractivity contribution in [3.05, 3.63) is 70.3 Å². The summed E-state index contributed by atoms with van der Waals surface area (Å²) in [4.78, 5) is 26.0. The zero-order valence-corrected chi connectivity index (χ0v) is 13.3. The average molecular weight is 330 g/mol. The summed E-state index contributed by atoms with van der Waals surface area (Å²) in [6, 6.07) is 13.6. The summed E-state index contributed by atoms with van der Waals surface area (Å²) in [6.07, 6.45) is 0. The second kappa shape index (κ2) is 6.34. The van der Waals surface area contributed by atoms with Crippen molar-refractivity contribution in [3.8, 4) is 0 Å². The van der Waals surface area contributed by atoms with Crippen LogP contribution in [-0.2, 0) is 17.9 Å². The van der Waals surface area contributed by atoms with Crippen LogP contribution in [0.1, 0.15) is 5.56 Å². The Morgan fingerprint density at radius 1 is 1.17 bits per heavy atom. The molecule has 118 valence electrons. The van der Waals surface area contributed by atoms with Gasteiger partial charge in [0, 0.05) is 19.2 Å². The van der Waals surface area contributed by atoms with E-state index in [0.717, 1.165) is 4.70 Å². The highest BCUT2D eigenvalue weighted by Crippen LogP contribution is 2.16. The van der Waals surface area contributed by atoms with Gasteiger partial charge in [-0.1, -0.05) is 41.9 Å². The predicted molar refractivity (Wildman–Crippen MR) is 89.0 cm³/mol. The Hall–Kier alpha value is -2.47. The van der Waals surface area contributed by atoms with E-state index in [4.69, 9.17) is 0 Å². The first-order valence-electron chi connectivity index (χ1n) is 7.12. The Morgan fingerprint density at radius 3 is 2.61 bits per heavy atom. The molecule has 0 aliphatic carbocycles. The highest BCUT2D eigenvalue weighted by Gasteiger charge is 2.15. The average Bonchev–Trinajstić information content (AvgIpc) is 2.86. The van der Waals surface area contributed by atoms with Crippen LogP contribution in [0.15, 0.2) is 53.3 Å². The SMILES string of the molecule is CN(Cc1ccccc1F)C(=O)Cn1sc2ccccc2c1=O. The summed E-state index contributed by atoms with van der Waals surface area (Å²) in [7, 11) is 1.60. The third-order valence-electron chi connectivity index (χ3n) is 3.62. The van der Waals surface area contributed by atoms with E-state index < -0.39 is 0 Å². The van der Waals surface area contributed by atoms with Crippen LogP contribution < -0.4 is 5.56 Å². The second-order valence-electron chi connectivity index (χ2n) is 5.27. The lowest BCUT2D eigenvalue weighted by Crippen LogP contribution is -2.32. The topological polar surface area (TPSA) is 42.3 Å². The van der Waals surface area contributed by atoms with Crippen LogP contribution >= 0.6 is 11.5 Å². The fraction of sp³-hybridized carbons (Fsp3) is 0.176. The van der Waals surface area contributed by atoms with Gasteiger partial charge in [0.2, 0.25) is 5.91 Å². The maximum absolute atomic E-state index is 13.7. The van der Waals surface area contributed by atoms with E-state index in [2.05, 4.69) is 0 Å². The molecule has 6 heteroatoms. The summed E-state index contributed by atoms with van der Waals surface area (Å²) in [6.45, 7) is 0.133. The van der Waals surface area contributed by atoms with Crippen LogP contribution in [0.2, 0.25) is 0 Å². The van der Waals surface area contributed by atoms with Crippen LogP contribution in [0.3, 0.4) is 0 Å². The monoisotopic (exact) mass is 330 g/mol. The van der Waals surface area contributed by atoms with Gasteiger partial charge in [-0.15, -0.1) is 0 Å². The minimum absolute atomic E-state index is 0.0386. The van der Waals surface area contributed by atoms with Crippen molar-refractivity contribution < 1.29 is 9.18 Å². The first-order valence-corrected chi connectivity index (χ1v) is 7.90. The Kier molecular flexibility index (Phi) is 4.25. The van der Waals surface area contributed by atoms with Gasteiger partial charge in [0.1, 0.15) is 12.4 Å². The third kappa shape index (κ3) is 3.17. The van der Waals surface area contributed by atoms with Crippen molar-refractivity contribution in [1.82, 2.24) is 8.86 Å². The first kappa shape index (κ1) is 15.4. The molecule has 0 bridgehead atoms. The van der Waals surface area contributed by atoms with E-state index in [1.165, 1.54) is 26.5 Å². The summed E-state index contributed by atoms with van der Waals surface area (Å²) in [5.74, 6) is -0.576. The molecular weight excluding hydrogens is 315 g/mol. The quantitative estimate of drug-likeness (QED) is 0.738. The van der Waals surface area contributed by atoms with E-state index >= 15 is 0 Å². The van der Waals surface area contributed by atoms with Crippen LogP contribution in [0.5, 0.6) is 0 Å². The van der Waals surface area contributed by atoms with E-state index in [9.17, 15) is 14.0 Å². The van der Waals surface area contributed by atoms with Crippen molar-refractivity contribution in [1.29, 1.82) is 0 Å². The molecular formula is C17H15FN2O2S. The van der Waals surface area contributed by atoms with Crippen molar-refractivity contribution in [2.45, 2.75) is 13.1 Å². The molecule has 0 saturated heterocycles. The molecule has 0 aliphatic heterocycles. The number of amides is 1. The summed E-state index contributed by atoms with van der Waals surface area (Å²) in [5, 5.41) is 0.613. The number of carbonyl (C=O) groups excluding carboxylic acids is 1. The standard InChI is InChI=1S/C17H15FN2O2S/c1-19(10-12-6-2-4-8-14(12)18)16(21)11-20-17(22)13-7-3-5-9-15(13)23-20/h2-9H,10-11H2,1H3. The second-order valence-corrected chi connectivity index (χ2v) is 6.33. The molecule has 0 aliphatic rings. The number of benzene rings is 2. The number of halogens is 1. The van der Waals surface area contributed by atoms with Crippen molar-refractivity contribution >= 4 is 27.5 Å². The van der Waals surface area contributed by atoms with Gasteiger partial charge in [-0.2, -0.15) is 0 Å². The van der Waals surface area contributed by atoms with Gasteiger partial charge in [0.15, 0.2) is 0 Å². The Morgan fingerprint density at radius 2 is 1.87 bits per heavy atom. The zero-order chi connectivity index (χ0) is 16.4. The van der Waals surface area contributed by atoms with E-state index in [-0.39, 0.29) is 30.4 Å². The molecule has 23 heavy (non-hydrogen) atoms. The molecule has 0 unspecified atom stereocenters. The van der Waals surface area contributed by atoms with Crippen LogP contribution in [0.4, 0.5) is 4.39 Å². The van der Waals surface area contributed by atoms with Gasteiger partial charge in [0.05, 0.1) is 10.1 Å². The van der Waals surface area contributed by atoms with E-state index in [1.807, 2.05) is 12.1 Å². The number of fused-ring (bicyclic) bond motifs is 1. The molecule has 1 amide bonds. The van der Waals surface area contributed by atoms with Gasteiger partial charge < -0.3 is 4.90 Å². The van der Waals surface area contributed by atoms with Crippen molar-refractivity contribution in [2.24, 2.45) is 0 Å². The lowest BCUT2D eigenvalue weighted by atomic mass is 10.2. The van der Waals surface area contributed by atoms with Gasteiger partial charge in [-0.05, 0) is 18.2 Å². The number of carbonyl (C=O) groups is 1. The number of hydrogen-bond donors (Lipinski definition) is 0. The summed E-state index contributed by atoms with van der Waals surface area (Å²) in [5.41, 5.74) is 0.283. The third-order valence-corrected chi connectivity index (χ3v) is 4.69. The Labute approximate surface area is 136 Å².